The highest BCUT2D eigenvalue weighted by atomic mass is 16.2. The van der Waals surface area contributed by atoms with Gasteiger partial charge in [-0.1, -0.05) is 30.3 Å². The van der Waals surface area contributed by atoms with Gasteiger partial charge in [0.2, 0.25) is 11.8 Å². The average Bonchev–Trinajstić information content (AvgIpc) is 3.23. The fraction of sp³-hybridized carbons (Fsp3) is 0.450. The summed E-state index contributed by atoms with van der Waals surface area (Å²) in [5.41, 5.74) is 2.15. The molecule has 0 bridgehead atoms. The van der Waals surface area contributed by atoms with E-state index in [1.807, 2.05) is 41.2 Å². The molecular weight excluding hydrogens is 328 g/mol. The molecule has 1 aliphatic heterocycles. The number of rotatable bonds is 6. The van der Waals surface area contributed by atoms with Gasteiger partial charge in [-0.05, 0) is 19.4 Å². The van der Waals surface area contributed by atoms with E-state index in [0.717, 1.165) is 11.1 Å². The van der Waals surface area contributed by atoms with Crippen LogP contribution in [0.3, 0.4) is 0 Å². The van der Waals surface area contributed by atoms with Crippen LogP contribution in [0.2, 0.25) is 0 Å². The van der Waals surface area contributed by atoms with Crippen molar-refractivity contribution in [2.45, 2.75) is 38.8 Å². The summed E-state index contributed by atoms with van der Waals surface area (Å²) in [5, 5.41) is 4.30. The van der Waals surface area contributed by atoms with Crippen LogP contribution < -0.4 is 0 Å². The van der Waals surface area contributed by atoms with Crippen LogP contribution in [-0.4, -0.2) is 51.5 Å². The minimum absolute atomic E-state index is 0.0493. The van der Waals surface area contributed by atoms with Crippen molar-refractivity contribution in [1.29, 1.82) is 0 Å². The van der Waals surface area contributed by atoms with E-state index in [4.69, 9.17) is 0 Å². The van der Waals surface area contributed by atoms with Crippen LogP contribution >= 0.6 is 0 Å². The third-order valence-corrected chi connectivity index (χ3v) is 4.84. The Morgan fingerprint density at radius 3 is 2.69 bits per heavy atom. The predicted octanol–water partition coefficient (Wildman–Crippen LogP) is 2.44. The van der Waals surface area contributed by atoms with E-state index in [1.54, 1.807) is 23.0 Å². The number of carbonyl (C=O) groups excluding carboxylic acids is 2. The Bertz CT molecular complexity index is 769. The minimum Gasteiger partial charge on any atom is -0.340 e. The lowest BCUT2D eigenvalue weighted by Crippen LogP contribution is -2.38. The van der Waals surface area contributed by atoms with Crippen LogP contribution in [0.25, 0.3) is 0 Å². The summed E-state index contributed by atoms with van der Waals surface area (Å²) in [7, 11) is 1.77. The lowest BCUT2D eigenvalue weighted by molar-refractivity contribution is -0.137. The molecule has 0 N–H and O–H groups in total. The maximum absolute atomic E-state index is 12.5. The molecule has 0 radical (unpaired) electrons. The monoisotopic (exact) mass is 354 g/mol. The SMILES string of the molecule is CC(C)n1cc(CN(C)C(=O)CN2C[C@H](c3ccccc3)CC2=O)cn1. The molecule has 2 amide bonds. The molecule has 2 aromatic rings. The van der Waals surface area contributed by atoms with Gasteiger partial charge in [-0.3, -0.25) is 14.3 Å². The van der Waals surface area contributed by atoms with E-state index in [1.165, 1.54) is 0 Å². The van der Waals surface area contributed by atoms with Crippen LogP contribution in [0, 0.1) is 0 Å². The number of likely N-dealkylation sites (tertiary alicyclic amines) is 1. The van der Waals surface area contributed by atoms with Crippen LogP contribution in [0.5, 0.6) is 0 Å². The summed E-state index contributed by atoms with van der Waals surface area (Å²) >= 11 is 0. The molecule has 26 heavy (non-hydrogen) atoms. The number of hydrogen-bond acceptors (Lipinski definition) is 3. The van der Waals surface area contributed by atoms with Gasteiger partial charge in [-0.15, -0.1) is 0 Å². The van der Waals surface area contributed by atoms with E-state index in [2.05, 4.69) is 18.9 Å². The average molecular weight is 354 g/mol. The van der Waals surface area contributed by atoms with Crippen molar-refractivity contribution in [1.82, 2.24) is 19.6 Å². The second kappa shape index (κ2) is 7.72. The van der Waals surface area contributed by atoms with Gasteiger partial charge in [0.1, 0.15) is 0 Å². The number of amides is 2. The first kappa shape index (κ1) is 18.2. The summed E-state index contributed by atoms with van der Waals surface area (Å²) in [6.45, 7) is 5.36. The Hall–Kier alpha value is -2.63. The molecule has 3 rings (SSSR count). The van der Waals surface area contributed by atoms with Gasteiger partial charge in [0.15, 0.2) is 0 Å². The molecule has 6 nitrogen and oxygen atoms in total. The van der Waals surface area contributed by atoms with Crippen molar-refractivity contribution in [2.75, 3.05) is 20.1 Å². The lowest BCUT2D eigenvalue weighted by Gasteiger charge is -2.21. The van der Waals surface area contributed by atoms with Crippen LogP contribution in [-0.2, 0) is 16.1 Å². The van der Waals surface area contributed by atoms with Crippen LogP contribution in [0.15, 0.2) is 42.7 Å². The molecule has 1 saturated heterocycles. The first-order valence-corrected chi connectivity index (χ1v) is 9.03. The van der Waals surface area contributed by atoms with Gasteiger partial charge >= 0.3 is 0 Å². The molecule has 0 spiro atoms. The normalized spacial score (nSPS) is 17.2. The molecule has 138 valence electrons. The molecule has 0 saturated carbocycles. The van der Waals surface area contributed by atoms with Gasteiger partial charge in [0.25, 0.3) is 0 Å². The largest absolute Gasteiger partial charge is 0.340 e. The zero-order valence-corrected chi connectivity index (χ0v) is 15.6. The molecule has 1 aliphatic rings. The predicted molar refractivity (Wildman–Crippen MR) is 99.5 cm³/mol. The quantitative estimate of drug-likeness (QED) is 0.801. The zero-order chi connectivity index (χ0) is 18.7. The van der Waals surface area contributed by atoms with Crippen molar-refractivity contribution in [3.8, 4) is 0 Å². The number of benzene rings is 1. The first-order chi connectivity index (χ1) is 12.4. The highest BCUT2D eigenvalue weighted by molar-refractivity contribution is 5.86. The second-order valence-electron chi connectivity index (χ2n) is 7.26. The van der Waals surface area contributed by atoms with Crippen molar-refractivity contribution < 1.29 is 9.59 Å². The van der Waals surface area contributed by atoms with Crippen LogP contribution in [0.1, 0.15) is 43.4 Å². The standard InChI is InChI=1S/C20H26N4O2/c1-15(2)24-12-16(10-21-24)11-22(3)20(26)14-23-13-18(9-19(23)25)17-7-5-4-6-8-17/h4-8,10,12,15,18H,9,11,13-14H2,1-3H3/t18-/m1/s1. The Kier molecular flexibility index (Phi) is 5.40. The fourth-order valence-electron chi connectivity index (χ4n) is 3.26. The molecule has 0 aliphatic carbocycles. The Morgan fingerprint density at radius 1 is 1.31 bits per heavy atom. The van der Waals surface area contributed by atoms with Crippen molar-refractivity contribution >= 4 is 11.8 Å². The third kappa shape index (κ3) is 4.12. The molecule has 1 aromatic heterocycles. The zero-order valence-electron chi connectivity index (χ0n) is 15.6. The number of aromatic nitrogens is 2. The molecule has 2 heterocycles. The molecule has 1 aromatic carbocycles. The summed E-state index contributed by atoms with van der Waals surface area (Å²) in [6.07, 6.45) is 4.22. The Balaban J connectivity index is 1.56. The van der Waals surface area contributed by atoms with E-state index in [-0.39, 0.29) is 24.3 Å². The molecule has 6 heteroatoms. The van der Waals surface area contributed by atoms with E-state index >= 15 is 0 Å². The number of likely N-dealkylation sites (N-methyl/N-ethyl adjacent to an activating group) is 1. The summed E-state index contributed by atoms with van der Waals surface area (Å²) in [4.78, 5) is 28.2. The first-order valence-electron chi connectivity index (χ1n) is 9.03. The van der Waals surface area contributed by atoms with Gasteiger partial charge < -0.3 is 9.80 Å². The maximum Gasteiger partial charge on any atom is 0.242 e. The highest BCUT2D eigenvalue weighted by Gasteiger charge is 2.32. The number of nitrogens with zero attached hydrogens (tertiary/aromatic N) is 4. The van der Waals surface area contributed by atoms with Crippen molar-refractivity contribution in [3.05, 3.63) is 53.9 Å². The molecule has 0 unspecified atom stereocenters. The van der Waals surface area contributed by atoms with Gasteiger partial charge in [-0.25, -0.2) is 0 Å². The number of hydrogen-bond donors (Lipinski definition) is 0. The van der Waals surface area contributed by atoms with Crippen LogP contribution in [0.4, 0.5) is 0 Å². The number of carbonyl (C=O) groups is 2. The fourth-order valence-corrected chi connectivity index (χ4v) is 3.26. The summed E-state index contributed by atoms with van der Waals surface area (Å²) in [6, 6.07) is 10.3. The van der Waals surface area contributed by atoms with E-state index < -0.39 is 0 Å². The summed E-state index contributed by atoms with van der Waals surface area (Å²) < 4.78 is 1.88. The van der Waals surface area contributed by atoms with Gasteiger partial charge in [-0.2, -0.15) is 5.10 Å². The topological polar surface area (TPSA) is 58.4 Å². The maximum atomic E-state index is 12.5. The second-order valence-corrected chi connectivity index (χ2v) is 7.26. The Morgan fingerprint density at radius 2 is 2.04 bits per heavy atom. The molecular formula is C20H26N4O2. The Labute approximate surface area is 154 Å². The summed E-state index contributed by atoms with van der Waals surface area (Å²) in [5.74, 6) is 0.170. The molecule has 1 fully saturated rings. The van der Waals surface area contributed by atoms with E-state index in [9.17, 15) is 9.59 Å². The van der Waals surface area contributed by atoms with Gasteiger partial charge in [0, 0.05) is 50.3 Å². The minimum atomic E-state index is -0.0515. The van der Waals surface area contributed by atoms with Crippen molar-refractivity contribution in [3.63, 3.8) is 0 Å². The van der Waals surface area contributed by atoms with Gasteiger partial charge in [0.05, 0.1) is 12.7 Å². The lowest BCUT2D eigenvalue weighted by atomic mass is 9.99. The highest BCUT2D eigenvalue weighted by Crippen LogP contribution is 2.27. The smallest absolute Gasteiger partial charge is 0.242 e. The third-order valence-electron chi connectivity index (χ3n) is 4.84. The van der Waals surface area contributed by atoms with Crippen molar-refractivity contribution in [2.24, 2.45) is 0 Å². The molecule has 1 atom stereocenters. The van der Waals surface area contributed by atoms with E-state index in [0.29, 0.717) is 25.6 Å².